The van der Waals surface area contributed by atoms with E-state index < -0.39 is 0 Å². The number of ketones is 1. The molecule has 0 amide bonds. The van der Waals surface area contributed by atoms with Crippen molar-refractivity contribution in [2.24, 2.45) is 0 Å². The van der Waals surface area contributed by atoms with Gasteiger partial charge in [-0.25, -0.2) is 0 Å². The number of thiophene rings is 2. The molecule has 0 N–H and O–H groups in total. The predicted molar refractivity (Wildman–Crippen MR) is 66.4 cm³/mol. The lowest BCUT2D eigenvalue weighted by Gasteiger charge is -1.94. The second-order valence-corrected chi connectivity index (χ2v) is 5.96. The van der Waals surface area contributed by atoms with E-state index >= 15 is 0 Å². The molecule has 0 aromatic carbocycles. The summed E-state index contributed by atoms with van der Waals surface area (Å²) >= 11 is 8.87. The molecule has 2 heterocycles. The van der Waals surface area contributed by atoms with Crippen molar-refractivity contribution in [3.63, 3.8) is 0 Å². The van der Waals surface area contributed by atoms with Gasteiger partial charge in [0.1, 0.15) is 0 Å². The van der Waals surface area contributed by atoms with Gasteiger partial charge in [-0.05, 0) is 30.0 Å². The molecule has 0 saturated heterocycles. The fourth-order valence-corrected chi connectivity index (χ4v) is 2.93. The van der Waals surface area contributed by atoms with Gasteiger partial charge in [0.25, 0.3) is 0 Å². The van der Waals surface area contributed by atoms with Crippen molar-refractivity contribution in [2.45, 2.75) is 13.3 Å². The van der Waals surface area contributed by atoms with Gasteiger partial charge in [-0.1, -0.05) is 11.6 Å². The number of rotatable bonds is 3. The van der Waals surface area contributed by atoms with Crippen molar-refractivity contribution < 1.29 is 4.79 Å². The lowest BCUT2D eigenvalue weighted by molar-refractivity contribution is 0.0993. The average molecular weight is 257 g/mol. The van der Waals surface area contributed by atoms with Gasteiger partial charge in [0, 0.05) is 22.2 Å². The molecule has 0 unspecified atom stereocenters. The SMILES string of the molecule is Cc1cc(C(=O)Cc2csc(Cl)c2)cs1. The van der Waals surface area contributed by atoms with Gasteiger partial charge in [-0.15, -0.1) is 22.7 Å². The molecular formula is C11H9ClOS2. The highest BCUT2D eigenvalue weighted by Crippen LogP contribution is 2.22. The summed E-state index contributed by atoms with van der Waals surface area (Å²) in [6.07, 6.45) is 0.444. The van der Waals surface area contributed by atoms with Gasteiger partial charge in [0.2, 0.25) is 0 Å². The van der Waals surface area contributed by atoms with E-state index in [2.05, 4.69) is 0 Å². The highest BCUT2D eigenvalue weighted by Gasteiger charge is 2.09. The largest absolute Gasteiger partial charge is 0.294 e. The van der Waals surface area contributed by atoms with Crippen molar-refractivity contribution >= 4 is 40.1 Å². The van der Waals surface area contributed by atoms with E-state index in [1.165, 1.54) is 16.2 Å². The molecule has 1 nitrogen and oxygen atoms in total. The van der Waals surface area contributed by atoms with E-state index in [0.717, 1.165) is 15.5 Å². The van der Waals surface area contributed by atoms with Crippen LogP contribution in [0.15, 0.2) is 22.9 Å². The number of aryl methyl sites for hydroxylation is 1. The van der Waals surface area contributed by atoms with Gasteiger partial charge in [-0.3, -0.25) is 4.79 Å². The first-order valence-electron chi connectivity index (χ1n) is 4.46. The van der Waals surface area contributed by atoms with E-state index in [4.69, 9.17) is 11.6 Å². The molecule has 15 heavy (non-hydrogen) atoms. The van der Waals surface area contributed by atoms with E-state index in [-0.39, 0.29) is 5.78 Å². The maximum absolute atomic E-state index is 11.8. The van der Waals surface area contributed by atoms with Crippen molar-refractivity contribution in [1.82, 2.24) is 0 Å². The normalized spacial score (nSPS) is 10.5. The number of hydrogen-bond acceptors (Lipinski definition) is 3. The molecular weight excluding hydrogens is 248 g/mol. The van der Waals surface area contributed by atoms with Gasteiger partial charge in [0.15, 0.2) is 5.78 Å². The zero-order chi connectivity index (χ0) is 10.8. The Labute approximate surface area is 101 Å². The molecule has 0 radical (unpaired) electrons. The molecule has 78 valence electrons. The number of carbonyl (C=O) groups is 1. The Morgan fingerprint density at radius 1 is 1.33 bits per heavy atom. The first-order valence-corrected chi connectivity index (χ1v) is 6.60. The van der Waals surface area contributed by atoms with Crippen LogP contribution in [-0.4, -0.2) is 5.78 Å². The molecule has 0 atom stereocenters. The molecule has 0 aliphatic carbocycles. The highest BCUT2D eigenvalue weighted by molar-refractivity contribution is 7.14. The number of Topliss-reactive ketones (excluding diaryl/α,β-unsaturated/α-hetero) is 1. The summed E-state index contributed by atoms with van der Waals surface area (Å²) in [5, 5.41) is 3.84. The third kappa shape index (κ3) is 2.68. The Balaban J connectivity index is 2.10. The lowest BCUT2D eigenvalue weighted by Crippen LogP contribution is -2.00. The molecule has 0 bridgehead atoms. The molecule has 4 heteroatoms. The van der Waals surface area contributed by atoms with Crippen LogP contribution in [0.4, 0.5) is 0 Å². The molecule has 0 saturated carbocycles. The van der Waals surface area contributed by atoms with Crippen LogP contribution in [0.25, 0.3) is 0 Å². The topological polar surface area (TPSA) is 17.1 Å². The fraction of sp³-hybridized carbons (Fsp3) is 0.182. The Kier molecular flexibility index (Phi) is 3.24. The summed E-state index contributed by atoms with van der Waals surface area (Å²) in [5.41, 5.74) is 1.80. The maximum atomic E-state index is 11.8. The summed E-state index contributed by atoms with van der Waals surface area (Å²) in [6, 6.07) is 3.78. The van der Waals surface area contributed by atoms with E-state index in [1.807, 2.05) is 29.8 Å². The van der Waals surface area contributed by atoms with Gasteiger partial charge >= 0.3 is 0 Å². The van der Waals surface area contributed by atoms with Crippen LogP contribution >= 0.6 is 34.3 Å². The van der Waals surface area contributed by atoms with Gasteiger partial charge < -0.3 is 0 Å². The molecule has 0 aliphatic rings. The summed E-state index contributed by atoms with van der Waals surface area (Å²) in [5.74, 6) is 0.161. The predicted octanol–water partition coefficient (Wildman–Crippen LogP) is 4.20. The first-order chi connectivity index (χ1) is 7.15. The van der Waals surface area contributed by atoms with Crippen molar-refractivity contribution in [3.8, 4) is 0 Å². The summed E-state index contributed by atoms with van der Waals surface area (Å²) in [7, 11) is 0. The minimum Gasteiger partial charge on any atom is -0.294 e. The minimum absolute atomic E-state index is 0.161. The number of carbonyl (C=O) groups excluding carboxylic acids is 1. The number of halogens is 1. The van der Waals surface area contributed by atoms with Crippen LogP contribution < -0.4 is 0 Å². The maximum Gasteiger partial charge on any atom is 0.168 e. The number of hydrogen-bond donors (Lipinski definition) is 0. The standard InChI is InChI=1S/C11H9ClOS2/c1-7-2-9(6-14-7)10(13)3-8-4-11(12)15-5-8/h2,4-6H,3H2,1H3. The molecule has 2 aromatic heterocycles. The molecule has 0 spiro atoms. The Hall–Kier alpha value is -0.640. The second kappa shape index (κ2) is 4.47. The zero-order valence-corrected chi connectivity index (χ0v) is 10.5. The molecule has 2 rings (SSSR count). The smallest absolute Gasteiger partial charge is 0.168 e. The van der Waals surface area contributed by atoms with E-state index in [9.17, 15) is 4.79 Å². The van der Waals surface area contributed by atoms with Gasteiger partial charge in [0.05, 0.1) is 4.34 Å². The van der Waals surface area contributed by atoms with Gasteiger partial charge in [-0.2, -0.15) is 0 Å². The third-order valence-electron chi connectivity index (χ3n) is 2.04. The molecule has 2 aromatic rings. The van der Waals surface area contributed by atoms with Crippen molar-refractivity contribution in [3.05, 3.63) is 43.2 Å². The van der Waals surface area contributed by atoms with Crippen molar-refractivity contribution in [1.29, 1.82) is 0 Å². The van der Waals surface area contributed by atoms with Crippen LogP contribution in [0.1, 0.15) is 20.8 Å². The second-order valence-electron chi connectivity index (χ2n) is 3.31. The zero-order valence-electron chi connectivity index (χ0n) is 8.12. The van der Waals surface area contributed by atoms with Crippen LogP contribution in [0.3, 0.4) is 0 Å². The Bertz CT molecular complexity index is 484. The van der Waals surface area contributed by atoms with Crippen molar-refractivity contribution in [2.75, 3.05) is 0 Å². The summed E-state index contributed by atoms with van der Waals surface area (Å²) < 4.78 is 0.735. The quantitative estimate of drug-likeness (QED) is 0.753. The highest BCUT2D eigenvalue weighted by atomic mass is 35.5. The van der Waals surface area contributed by atoms with Crippen LogP contribution in [0.5, 0.6) is 0 Å². The summed E-state index contributed by atoms with van der Waals surface area (Å²) in [6.45, 7) is 2.00. The van der Waals surface area contributed by atoms with Crippen LogP contribution in [-0.2, 0) is 6.42 Å². The third-order valence-corrected chi connectivity index (χ3v) is 4.04. The Morgan fingerprint density at radius 3 is 2.67 bits per heavy atom. The van der Waals surface area contributed by atoms with Crippen LogP contribution in [0, 0.1) is 6.92 Å². The molecule has 0 aliphatic heterocycles. The minimum atomic E-state index is 0.161. The average Bonchev–Trinajstić information content (AvgIpc) is 2.75. The monoisotopic (exact) mass is 256 g/mol. The molecule has 0 fully saturated rings. The Morgan fingerprint density at radius 2 is 2.13 bits per heavy atom. The van der Waals surface area contributed by atoms with E-state index in [0.29, 0.717) is 6.42 Å². The fourth-order valence-electron chi connectivity index (χ4n) is 1.32. The van der Waals surface area contributed by atoms with Crippen LogP contribution in [0.2, 0.25) is 4.34 Å². The van der Waals surface area contributed by atoms with E-state index in [1.54, 1.807) is 11.3 Å². The summed E-state index contributed by atoms with van der Waals surface area (Å²) in [4.78, 5) is 13.0. The lowest BCUT2D eigenvalue weighted by atomic mass is 10.1. The first kappa shape index (κ1) is 10.9.